The van der Waals surface area contributed by atoms with Crippen molar-refractivity contribution in [2.24, 2.45) is 0 Å². The largest absolute Gasteiger partial charge is 0.338 e. The monoisotopic (exact) mass is 510 g/mol. The molecule has 0 N–H and O–H groups in total. The van der Waals surface area contributed by atoms with E-state index < -0.39 is 0 Å². The summed E-state index contributed by atoms with van der Waals surface area (Å²) in [6.45, 7) is 2.40. The van der Waals surface area contributed by atoms with Gasteiger partial charge in [-0.15, -0.1) is 0 Å². The number of hydrogen-bond donors (Lipinski definition) is 0. The maximum Gasteiger partial charge on any atom is 0.237 e. The van der Waals surface area contributed by atoms with Crippen molar-refractivity contribution in [3.05, 3.63) is 0 Å². The van der Waals surface area contributed by atoms with Crippen LogP contribution in [0.1, 0.15) is 0 Å². The molecular weight excluding hydrogens is 500 g/mol. The average molecular weight is 514 g/mol. The lowest BCUT2D eigenvalue weighted by Gasteiger charge is -2.36. The maximum atomic E-state index is 11.9. The minimum absolute atomic E-state index is 0.0786. The molecule has 4 nitrogen and oxygen atoms in total. The first-order valence-corrected chi connectivity index (χ1v) is 9.56. The summed E-state index contributed by atoms with van der Waals surface area (Å²) in [5.41, 5.74) is 0. The molecule has 8 heteroatoms. The van der Waals surface area contributed by atoms with Gasteiger partial charge in [0, 0.05) is 36.8 Å². The van der Waals surface area contributed by atoms with Crippen molar-refractivity contribution in [1.82, 2.24) is 9.80 Å². The standard InChI is InChI=1S/C10H14Br4N2O2/c11-5-7(13)9(17)15-1-2-16(4-3-15)10(18)8(14)6-12/h7-8H,1-6H2. The second kappa shape index (κ2) is 8.21. The first-order valence-electron chi connectivity index (χ1n) is 5.49. The number of piperazine rings is 1. The van der Waals surface area contributed by atoms with Gasteiger partial charge in [0.25, 0.3) is 0 Å². The van der Waals surface area contributed by atoms with E-state index >= 15 is 0 Å². The lowest BCUT2D eigenvalue weighted by molar-refractivity contribution is -0.138. The third-order valence-electron chi connectivity index (χ3n) is 2.71. The van der Waals surface area contributed by atoms with Crippen molar-refractivity contribution in [1.29, 1.82) is 0 Å². The molecule has 2 amide bonds. The topological polar surface area (TPSA) is 40.6 Å². The van der Waals surface area contributed by atoms with Gasteiger partial charge in [0.2, 0.25) is 11.8 Å². The maximum absolute atomic E-state index is 11.9. The highest BCUT2D eigenvalue weighted by atomic mass is 79.9. The number of halogens is 4. The number of alkyl halides is 4. The molecule has 1 aliphatic rings. The molecule has 0 bridgehead atoms. The van der Waals surface area contributed by atoms with Crippen LogP contribution in [-0.4, -0.2) is 68.1 Å². The number of hydrogen-bond acceptors (Lipinski definition) is 2. The molecule has 1 rings (SSSR count). The first-order chi connectivity index (χ1) is 8.51. The van der Waals surface area contributed by atoms with Crippen molar-refractivity contribution in [2.45, 2.75) is 9.65 Å². The summed E-state index contributed by atoms with van der Waals surface area (Å²) in [4.78, 5) is 27.1. The fraction of sp³-hybridized carbons (Fsp3) is 0.800. The molecule has 1 aliphatic heterocycles. The van der Waals surface area contributed by atoms with Crippen LogP contribution < -0.4 is 0 Å². The van der Waals surface area contributed by atoms with Gasteiger partial charge in [-0.3, -0.25) is 9.59 Å². The Morgan fingerprint density at radius 2 is 1.11 bits per heavy atom. The Bertz CT molecular complexity index is 278. The number of nitrogens with zero attached hydrogens (tertiary/aromatic N) is 2. The van der Waals surface area contributed by atoms with Gasteiger partial charge in [-0.05, 0) is 0 Å². The number of rotatable bonds is 4. The second-order valence-corrected chi connectivity index (χ2v) is 7.40. The van der Waals surface area contributed by atoms with Gasteiger partial charge in [0.05, 0.1) is 0 Å². The highest BCUT2D eigenvalue weighted by molar-refractivity contribution is 9.12. The number of amides is 2. The fourth-order valence-corrected chi connectivity index (χ4v) is 2.81. The molecule has 0 radical (unpaired) electrons. The molecule has 0 aromatic heterocycles. The predicted octanol–water partition coefficient (Wildman–Crippen LogP) is 1.97. The Kier molecular flexibility index (Phi) is 7.72. The molecule has 0 saturated carbocycles. The second-order valence-electron chi connectivity index (χ2n) is 3.89. The molecule has 0 spiro atoms. The Morgan fingerprint density at radius 1 is 0.833 bits per heavy atom. The molecule has 2 atom stereocenters. The summed E-state index contributed by atoms with van der Waals surface area (Å²) < 4.78 is 0. The van der Waals surface area contributed by atoms with E-state index in [0.717, 1.165) is 0 Å². The van der Waals surface area contributed by atoms with E-state index in [1.807, 2.05) is 0 Å². The van der Waals surface area contributed by atoms with E-state index in [1.54, 1.807) is 9.80 Å². The van der Waals surface area contributed by atoms with Crippen LogP contribution in [0.3, 0.4) is 0 Å². The molecule has 1 saturated heterocycles. The van der Waals surface area contributed by atoms with Crippen LogP contribution >= 0.6 is 63.7 Å². The quantitative estimate of drug-likeness (QED) is 0.540. The van der Waals surface area contributed by atoms with Gasteiger partial charge in [0.1, 0.15) is 9.65 Å². The first kappa shape index (κ1) is 16.9. The number of carbonyl (C=O) groups is 2. The van der Waals surface area contributed by atoms with Gasteiger partial charge in [0.15, 0.2) is 0 Å². The zero-order chi connectivity index (χ0) is 13.7. The Morgan fingerprint density at radius 3 is 1.33 bits per heavy atom. The highest BCUT2D eigenvalue weighted by Crippen LogP contribution is 2.14. The highest BCUT2D eigenvalue weighted by Gasteiger charge is 2.29. The zero-order valence-electron chi connectivity index (χ0n) is 9.62. The molecule has 18 heavy (non-hydrogen) atoms. The Hall–Kier alpha value is 0.860. The van der Waals surface area contributed by atoms with Crippen LogP contribution in [0, 0.1) is 0 Å². The van der Waals surface area contributed by atoms with Gasteiger partial charge in [-0.1, -0.05) is 63.7 Å². The minimum atomic E-state index is -0.189. The Labute approximate surface area is 140 Å². The summed E-state index contributed by atoms with van der Waals surface area (Å²) in [6, 6.07) is 0. The fourth-order valence-electron chi connectivity index (χ4n) is 1.68. The van der Waals surface area contributed by atoms with Crippen molar-refractivity contribution in [2.75, 3.05) is 36.8 Å². The molecule has 0 aromatic carbocycles. The molecule has 104 valence electrons. The average Bonchev–Trinajstić information content (AvgIpc) is 2.44. The van der Waals surface area contributed by atoms with Crippen LogP contribution in [0.4, 0.5) is 0 Å². The molecule has 2 unspecified atom stereocenters. The van der Waals surface area contributed by atoms with Crippen LogP contribution in [-0.2, 0) is 9.59 Å². The third-order valence-corrected chi connectivity index (χ3v) is 7.17. The van der Waals surface area contributed by atoms with Crippen molar-refractivity contribution < 1.29 is 9.59 Å². The van der Waals surface area contributed by atoms with Gasteiger partial charge < -0.3 is 9.80 Å². The number of carbonyl (C=O) groups excluding carboxylic acids is 2. The van der Waals surface area contributed by atoms with Gasteiger partial charge >= 0.3 is 0 Å². The van der Waals surface area contributed by atoms with Crippen LogP contribution in [0.2, 0.25) is 0 Å². The van der Waals surface area contributed by atoms with E-state index in [-0.39, 0.29) is 21.5 Å². The smallest absolute Gasteiger partial charge is 0.237 e. The van der Waals surface area contributed by atoms with E-state index in [1.165, 1.54) is 0 Å². The van der Waals surface area contributed by atoms with Gasteiger partial charge in [-0.2, -0.15) is 0 Å². The summed E-state index contributed by atoms with van der Waals surface area (Å²) in [6.07, 6.45) is 0. The van der Waals surface area contributed by atoms with Crippen LogP contribution in [0.15, 0.2) is 0 Å². The van der Waals surface area contributed by atoms with Crippen LogP contribution in [0.25, 0.3) is 0 Å². The normalized spacial score (nSPS) is 19.6. The van der Waals surface area contributed by atoms with Crippen LogP contribution in [0.5, 0.6) is 0 Å². The summed E-state index contributed by atoms with van der Waals surface area (Å²) >= 11 is 13.2. The summed E-state index contributed by atoms with van der Waals surface area (Å²) in [5, 5.41) is 1.19. The lowest BCUT2D eigenvalue weighted by atomic mass is 10.2. The van der Waals surface area contributed by atoms with Crippen molar-refractivity contribution >= 4 is 75.5 Å². The molecule has 1 heterocycles. The van der Waals surface area contributed by atoms with E-state index in [9.17, 15) is 9.59 Å². The summed E-state index contributed by atoms with van der Waals surface area (Å²) in [7, 11) is 0. The minimum Gasteiger partial charge on any atom is -0.338 e. The predicted molar refractivity (Wildman–Crippen MR) is 86.2 cm³/mol. The molecule has 1 fully saturated rings. The third kappa shape index (κ3) is 4.45. The van der Waals surface area contributed by atoms with Crippen molar-refractivity contribution in [3.8, 4) is 0 Å². The van der Waals surface area contributed by atoms with E-state index in [2.05, 4.69) is 63.7 Å². The molecular formula is C10H14Br4N2O2. The summed E-state index contributed by atoms with van der Waals surface area (Å²) in [5.74, 6) is 0.157. The van der Waals surface area contributed by atoms with E-state index in [0.29, 0.717) is 36.8 Å². The van der Waals surface area contributed by atoms with Crippen molar-refractivity contribution in [3.63, 3.8) is 0 Å². The lowest BCUT2D eigenvalue weighted by Crippen LogP contribution is -2.53. The Balaban J connectivity index is 2.46. The molecule has 0 aromatic rings. The SMILES string of the molecule is O=C(C(Br)CBr)N1CCN(C(=O)C(Br)CBr)CC1. The van der Waals surface area contributed by atoms with E-state index in [4.69, 9.17) is 0 Å². The van der Waals surface area contributed by atoms with Gasteiger partial charge in [-0.25, -0.2) is 0 Å². The zero-order valence-corrected chi connectivity index (χ0v) is 16.0. The molecule has 0 aliphatic carbocycles.